The Morgan fingerprint density at radius 3 is 2.25 bits per heavy atom. The zero-order valence-electron chi connectivity index (χ0n) is 41.2. The van der Waals surface area contributed by atoms with Crippen molar-refractivity contribution in [1.82, 2.24) is 4.90 Å². The van der Waals surface area contributed by atoms with Gasteiger partial charge in [-0.2, -0.15) is 0 Å². The first kappa shape index (κ1) is 54.3. The van der Waals surface area contributed by atoms with Gasteiger partial charge in [0.15, 0.2) is 5.78 Å². The van der Waals surface area contributed by atoms with Gasteiger partial charge in [0.05, 0.1) is 18.3 Å². The Bertz CT molecular complexity index is 1750. The predicted octanol–water partition coefficient (Wildman–Crippen LogP) is 7.46. The van der Waals surface area contributed by atoms with Gasteiger partial charge in [-0.3, -0.25) is 19.2 Å². The first-order valence-corrected chi connectivity index (χ1v) is 24.2. The van der Waals surface area contributed by atoms with E-state index in [1.165, 1.54) is 12.0 Å². The Hall–Kier alpha value is -3.33. The molecule has 3 aliphatic heterocycles. The Morgan fingerprint density at radius 2 is 1.57 bits per heavy atom. The largest absolute Gasteiger partial charge is 0.460 e. The lowest BCUT2D eigenvalue weighted by Crippen LogP contribution is -2.61. The summed E-state index contributed by atoms with van der Waals surface area (Å²) in [5.41, 5.74) is 1.30. The van der Waals surface area contributed by atoms with Gasteiger partial charge in [0.1, 0.15) is 30.1 Å². The third-order valence-corrected chi connectivity index (χ3v) is 14.8. The highest BCUT2D eigenvalue weighted by Crippen LogP contribution is 2.38. The van der Waals surface area contributed by atoms with E-state index in [1.54, 1.807) is 41.1 Å². The number of hydrogen-bond donors (Lipinski definition) is 2. The van der Waals surface area contributed by atoms with Crippen LogP contribution >= 0.6 is 0 Å². The van der Waals surface area contributed by atoms with Crippen LogP contribution < -0.4 is 0 Å². The Morgan fingerprint density at radius 1 is 0.846 bits per heavy atom. The van der Waals surface area contributed by atoms with E-state index in [-0.39, 0.29) is 54.8 Å². The van der Waals surface area contributed by atoms with Crippen LogP contribution in [-0.4, -0.2) is 121 Å². The summed E-state index contributed by atoms with van der Waals surface area (Å²) in [5, 5.41) is 23.4. The van der Waals surface area contributed by atoms with Crippen LogP contribution in [0.25, 0.3) is 0 Å². The lowest BCUT2D eigenvalue weighted by Gasteiger charge is -2.42. The van der Waals surface area contributed by atoms with Crippen LogP contribution in [0.3, 0.4) is 0 Å². The number of ketones is 3. The van der Waals surface area contributed by atoms with E-state index >= 15 is 0 Å². The lowest BCUT2D eigenvalue weighted by atomic mass is 9.76. The fourth-order valence-electron chi connectivity index (χ4n) is 10.4. The number of cyclic esters (lactones) is 1. The number of carbonyl (C=O) groups excluding carboxylic acids is 5. The number of Topliss-reactive ketones (excluding diaryl/α,β-unsaturated/α-hetero) is 3. The molecule has 13 nitrogen and oxygen atoms in total. The molecule has 0 aromatic carbocycles. The summed E-state index contributed by atoms with van der Waals surface area (Å²) in [6.07, 6.45) is 13.6. The number of hydrogen-bond acceptors (Lipinski definition) is 12. The molecule has 1 amide bonds. The molecular formula is C52H81NO12. The normalized spacial score (nSPS) is 39.1. The molecule has 13 heteroatoms. The minimum Gasteiger partial charge on any atom is -0.460 e. The van der Waals surface area contributed by atoms with Gasteiger partial charge < -0.3 is 38.8 Å². The standard InChI is InChI=1S/C52H81NO12/c1-31-17-13-12-14-18-32(2)44(62-10)29-40-23-21-38(8)52(60,65-40)49(57)50(58)53-24-16-15-19-41(53)51(59)64-45(35(5)27-39-22-20-33(3)43(28-39)61-9)30-42(54)34(4)26-37(7)47(56)48(63-11)46(55)36(6)25-31/h12-14,17-18,26,31,33-36,38-41,43-45,47-48,56,60H,15-16,19-25,27-30H2,1-11H3/b14-12?,17-13+,32-18?,37-26+/t31-,33?,34-,35-,36-,38-,39+,40+,41+,43-,44+,45+,47-,48+,52-/m1/s1. The maximum atomic E-state index is 14.4. The molecule has 1 saturated carbocycles. The predicted molar refractivity (Wildman–Crippen MR) is 248 cm³/mol. The Kier molecular flexibility index (Phi) is 21.0. The molecule has 15 atom stereocenters. The maximum Gasteiger partial charge on any atom is 0.329 e. The molecule has 0 aromatic rings. The van der Waals surface area contributed by atoms with E-state index in [2.05, 4.69) is 6.92 Å². The van der Waals surface area contributed by atoms with E-state index in [4.69, 9.17) is 23.7 Å². The van der Waals surface area contributed by atoms with Gasteiger partial charge in [-0.25, -0.2) is 4.79 Å². The summed E-state index contributed by atoms with van der Waals surface area (Å²) >= 11 is 0. The molecule has 0 aromatic heterocycles. The van der Waals surface area contributed by atoms with Crippen molar-refractivity contribution >= 4 is 29.2 Å². The van der Waals surface area contributed by atoms with Crippen LogP contribution in [0.2, 0.25) is 0 Å². The number of piperidine rings is 1. The number of amides is 1. The summed E-state index contributed by atoms with van der Waals surface area (Å²) in [4.78, 5) is 71.9. The van der Waals surface area contributed by atoms with Crippen molar-refractivity contribution in [1.29, 1.82) is 0 Å². The number of rotatable bonds is 6. The third-order valence-electron chi connectivity index (χ3n) is 14.8. The summed E-state index contributed by atoms with van der Waals surface area (Å²) in [6.45, 7) is 15.1. The quantitative estimate of drug-likeness (QED) is 0.153. The van der Waals surface area contributed by atoms with Gasteiger partial charge in [-0.15, -0.1) is 0 Å². The van der Waals surface area contributed by atoms with Crippen molar-refractivity contribution in [3.63, 3.8) is 0 Å². The van der Waals surface area contributed by atoms with Gasteiger partial charge in [0.25, 0.3) is 11.7 Å². The number of methoxy groups -OCH3 is 3. The van der Waals surface area contributed by atoms with Crippen molar-refractivity contribution < 1.29 is 57.9 Å². The van der Waals surface area contributed by atoms with Crippen LogP contribution in [0.4, 0.5) is 0 Å². The first-order valence-electron chi connectivity index (χ1n) is 24.2. The summed E-state index contributed by atoms with van der Waals surface area (Å²) in [5.74, 6) is -7.07. The number of fused-ring (bicyclic) bond motifs is 3. The third kappa shape index (κ3) is 14.3. The van der Waals surface area contributed by atoms with E-state index in [1.807, 2.05) is 58.1 Å². The topological polar surface area (TPSA) is 175 Å². The second-order valence-corrected chi connectivity index (χ2v) is 20.0. The van der Waals surface area contributed by atoms with Gasteiger partial charge >= 0.3 is 5.97 Å². The number of carbonyl (C=O) groups is 5. The highest BCUT2D eigenvalue weighted by molar-refractivity contribution is 6.39. The highest BCUT2D eigenvalue weighted by atomic mass is 16.6. The SMILES string of the molecule is CO[C@H]1C[C@@H]2CC[C@@H](C)[C@@](O)(O2)C(=O)C(=O)N2CCCC[C@H]2C(=O)O[C@H]([C@H](C)C[C@@H]2CCC(C)[C@H](OC)C2)CC(=O)[C@H](C)/C=C(\C)[C@@H](O)[C@@H](OC)C(=O)[C@H](C)C[C@H](C)/C=C/C=CC=C1C. The van der Waals surface area contributed by atoms with Gasteiger partial charge in [0.2, 0.25) is 5.79 Å². The highest BCUT2D eigenvalue weighted by Gasteiger charge is 2.53. The van der Waals surface area contributed by atoms with Gasteiger partial charge in [0, 0.05) is 58.5 Å². The second kappa shape index (κ2) is 25.2. The first-order chi connectivity index (χ1) is 30.7. The molecule has 1 unspecified atom stereocenters. The number of aliphatic hydroxyl groups is 2. The number of allylic oxidation sites excluding steroid dienone is 6. The Labute approximate surface area is 388 Å². The minimum atomic E-state index is -2.41. The molecule has 2 bridgehead atoms. The van der Waals surface area contributed by atoms with Crippen LogP contribution in [0, 0.1) is 41.4 Å². The summed E-state index contributed by atoms with van der Waals surface area (Å²) in [6, 6.07) is -1.11. The number of aliphatic hydroxyl groups excluding tert-OH is 1. The van der Waals surface area contributed by atoms with Crippen molar-refractivity contribution in [2.75, 3.05) is 27.9 Å². The average molecular weight is 912 g/mol. The van der Waals surface area contributed by atoms with E-state index in [0.29, 0.717) is 56.4 Å². The average Bonchev–Trinajstić information content (AvgIpc) is 3.28. The van der Waals surface area contributed by atoms with Crippen LogP contribution in [0.1, 0.15) is 132 Å². The molecule has 0 radical (unpaired) electrons. The van der Waals surface area contributed by atoms with Crippen LogP contribution in [0.5, 0.6) is 0 Å². The fourth-order valence-corrected chi connectivity index (χ4v) is 10.4. The molecule has 65 heavy (non-hydrogen) atoms. The molecule has 366 valence electrons. The fraction of sp³-hybridized carbons (Fsp3) is 0.750. The summed E-state index contributed by atoms with van der Waals surface area (Å²) in [7, 11) is 4.70. The van der Waals surface area contributed by atoms with Crippen molar-refractivity contribution in [3.8, 4) is 0 Å². The van der Waals surface area contributed by atoms with E-state index in [9.17, 15) is 34.2 Å². The zero-order valence-corrected chi connectivity index (χ0v) is 41.2. The number of nitrogens with zero attached hydrogens (tertiary/aromatic N) is 1. The van der Waals surface area contributed by atoms with Crippen LogP contribution in [-0.2, 0) is 47.7 Å². The Balaban J connectivity index is 1.70. The molecule has 4 aliphatic rings. The smallest absolute Gasteiger partial charge is 0.329 e. The number of esters is 1. The molecule has 2 N–H and O–H groups in total. The van der Waals surface area contributed by atoms with E-state index < -0.39 is 77.8 Å². The van der Waals surface area contributed by atoms with E-state index in [0.717, 1.165) is 24.8 Å². The zero-order chi connectivity index (χ0) is 48.2. The van der Waals surface area contributed by atoms with Crippen molar-refractivity contribution in [2.45, 2.75) is 181 Å². The molecular weight excluding hydrogens is 831 g/mol. The van der Waals surface area contributed by atoms with Gasteiger partial charge in [-0.1, -0.05) is 78.0 Å². The number of ether oxygens (including phenoxy) is 5. The maximum absolute atomic E-state index is 14.4. The molecule has 4 rings (SSSR count). The molecule has 1 aliphatic carbocycles. The molecule has 0 spiro atoms. The lowest BCUT2D eigenvalue weighted by molar-refractivity contribution is -0.265. The van der Waals surface area contributed by atoms with Crippen molar-refractivity contribution in [3.05, 3.63) is 47.6 Å². The second-order valence-electron chi connectivity index (χ2n) is 20.0. The monoisotopic (exact) mass is 912 g/mol. The molecule has 2 saturated heterocycles. The minimum absolute atomic E-state index is 0.0304. The van der Waals surface area contributed by atoms with Crippen LogP contribution in [0.15, 0.2) is 47.6 Å². The van der Waals surface area contributed by atoms with Crippen molar-refractivity contribution in [2.24, 2.45) is 41.4 Å². The molecule has 3 heterocycles. The molecule has 3 fully saturated rings. The summed E-state index contributed by atoms with van der Waals surface area (Å²) < 4.78 is 29.7. The van der Waals surface area contributed by atoms with Gasteiger partial charge in [-0.05, 0) is 113 Å².